The molecule has 0 unspecified atom stereocenters. The number of nitrogens with zero attached hydrogens (tertiary/aromatic N) is 1. The largest absolute Gasteiger partial charge is 0.496 e. The van der Waals surface area contributed by atoms with E-state index in [1.165, 1.54) is 7.11 Å². The minimum Gasteiger partial charge on any atom is -0.496 e. The number of benzene rings is 2. The van der Waals surface area contributed by atoms with E-state index in [9.17, 15) is 9.59 Å². The Morgan fingerprint density at radius 3 is 2.48 bits per heavy atom. The van der Waals surface area contributed by atoms with Gasteiger partial charge in [0.1, 0.15) is 22.8 Å². The number of urea groups is 1. The van der Waals surface area contributed by atoms with Crippen LogP contribution in [0.3, 0.4) is 0 Å². The summed E-state index contributed by atoms with van der Waals surface area (Å²) in [7, 11) is 1.47. The highest BCUT2D eigenvalue weighted by Crippen LogP contribution is 2.34. The second kappa shape index (κ2) is 7.67. The number of amides is 3. The summed E-state index contributed by atoms with van der Waals surface area (Å²) in [6.07, 6.45) is 3.61. The van der Waals surface area contributed by atoms with Gasteiger partial charge in [-0.3, -0.25) is 9.78 Å². The van der Waals surface area contributed by atoms with E-state index < -0.39 is 5.91 Å². The predicted octanol–water partition coefficient (Wildman–Crippen LogP) is 3.42. The first-order chi connectivity index (χ1) is 14.0. The number of nitrogens with two attached hydrogens (primary N) is 1. The van der Waals surface area contributed by atoms with Crippen LogP contribution in [0.15, 0.2) is 48.7 Å². The molecule has 1 aliphatic rings. The van der Waals surface area contributed by atoms with Crippen molar-refractivity contribution in [3.63, 3.8) is 0 Å². The summed E-state index contributed by atoms with van der Waals surface area (Å²) >= 11 is 0. The molecule has 0 atom stereocenters. The summed E-state index contributed by atoms with van der Waals surface area (Å²) in [5.41, 5.74) is 6.78. The topological polar surface area (TPSA) is 116 Å². The molecular formula is C21H20N4O4. The lowest BCUT2D eigenvalue weighted by molar-refractivity contribution is 0.0999. The summed E-state index contributed by atoms with van der Waals surface area (Å²) in [6.45, 7) is 0. The lowest BCUT2D eigenvalue weighted by Crippen LogP contribution is -2.30. The van der Waals surface area contributed by atoms with Crippen LogP contribution in [0.1, 0.15) is 23.2 Å². The maximum Gasteiger partial charge on any atom is 0.319 e. The minimum absolute atomic E-state index is 0.205. The van der Waals surface area contributed by atoms with Gasteiger partial charge in [-0.1, -0.05) is 0 Å². The fraction of sp³-hybridized carbons (Fsp3) is 0.190. The molecule has 1 aromatic heterocycles. The second-order valence-electron chi connectivity index (χ2n) is 6.71. The number of ether oxygens (including phenoxy) is 2. The zero-order valence-electron chi connectivity index (χ0n) is 15.8. The summed E-state index contributed by atoms with van der Waals surface area (Å²) in [5.74, 6) is 0.820. The number of primary amides is 1. The molecule has 4 N–H and O–H groups in total. The molecule has 0 radical (unpaired) electrons. The van der Waals surface area contributed by atoms with Crippen molar-refractivity contribution in [2.45, 2.75) is 18.9 Å². The first-order valence-corrected chi connectivity index (χ1v) is 9.16. The van der Waals surface area contributed by atoms with Crippen molar-refractivity contribution < 1.29 is 19.1 Å². The van der Waals surface area contributed by atoms with Crippen molar-refractivity contribution in [3.05, 3.63) is 54.2 Å². The average Bonchev–Trinajstić information content (AvgIpc) is 3.52. The van der Waals surface area contributed by atoms with Gasteiger partial charge >= 0.3 is 6.03 Å². The third-order valence-electron chi connectivity index (χ3n) is 4.55. The van der Waals surface area contributed by atoms with Gasteiger partial charge in [-0.25, -0.2) is 4.79 Å². The molecule has 3 amide bonds. The van der Waals surface area contributed by atoms with Gasteiger partial charge < -0.3 is 25.8 Å². The molecule has 29 heavy (non-hydrogen) atoms. The summed E-state index contributed by atoms with van der Waals surface area (Å²) in [5, 5.41) is 6.28. The fourth-order valence-corrected chi connectivity index (χ4v) is 2.99. The minimum atomic E-state index is -0.628. The Morgan fingerprint density at radius 2 is 1.83 bits per heavy atom. The van der Waals surface area contributed by atoms with Crippen molar-refractivity contribution in [2.75, 3.05) is 12.4 Å². The first-order valence-electron chi connectivity index (χ1n) is 9.16. The van der Waals surface area contributed by atoms with Gasteiger partial charge in [0, 0.05) is 23.3 Å². The van der Waals surface area contributed by atoms with Crippen LogP contribution >= 0.6 is 0 Å². The molecule has 1 fully saturated rings. The van der Waals surface area contributed by atoms with E-state index in [0.717, 1.165) is 12.8 Å². The van der Waals surface area contributed by atoms with Gasteiger partial charge in [0.2, 0.25) is 0 Å². The molecule has 0 aliphatic heterocycles. The van der Waals surface area contributed by atoms with Gasteiger partial charge in [0.25, 0.3) is 5.91 Å². The molecule has 0 saturated heterocycles. The van der Waals surface area contributed by atoms with Gasteiger partial charge in [-0.15, -0.1) is 0 Å². The molecule has 2 aromatic carbocycles. The Hall–Kier alpha value is -3.81. The Kier molecular flexibility index (Phi) is 4.90. The van der Waals surface area contributed by atoms with Gasteiger partial charge in [0.15, 0.2) is 0 Å². The number of rotatable bonds is 6. The number of anilines is 1. The van der Waals surface area contributed by atoms with Crippen LogP contribution in [-0.4, -0.2) is 30.1 Å². The molecule has 8 nitrogen and oxygen atoms in total. The van der Waals surface area contributed by atoms with Crippen LogP contribution < -0.4 is 25.8 Å². The molecule has 1 aliphatic carbocycles. The van der Waals surface area contributed by atoms with E-state index in [4.69, 9.17) is 15.2 Å². The number of fused-ring (bicyclic) bond motifs is 1. The second-order valence-corrected chi connectivity index (χ2v) is 6.71. The van der Waals surface area contributed by atoms with Crippen LogP contribution in [0.4, 0.5) is 10.5 Å². The normalized spacial score (nSPS) is 13.0. The van der Waals surface area contributed by atoms with Gasteiger partial charge in [0.05, 0.1) is 12.6 Å². The number of carbonyl (C=O) groups excluding carboxylic acids is 2. The quantitative estimate of drug-likeness (QED) is 0.594. The summed E-state index contributed by atoms with van der Waals surface area (Å²) in [4.78, 5) is 28.0. The van der Waals surface area contributed by atoms with Crippen molar-refractivity contribution >= 4 is 28.5 Å². The Bertz CT molecular complexity index is 1080. The zero-order chi connectivity index (χ0) is 20.4. The molecule has 3 aromatic rings. The number of pyridine rings is 1. The predicted molar refractivity (Wildman–Crippen MR) is 109 cm³/mol. The molecule has 0 bridgehead atoms. The van der Waals surface area contributed by atoms with Crippen molar-refractivity contribution in [2.24, 2.45) is 5.73 Å². The molecular weight excluding hydrogens is 372 g/mol. The Morgan fingerprint density at radius 1 is 1.07 bits per heavy atom. The highest BCUT2D eigenvalue weighted by Gasteiger charge is 2.23. The maximum absolute atomic E-state index is 11.9. The summed E-state index contributed by atoms with van der Waals surface area (Å²) < 4.78 is 11.2. The first kappa shape index (κ1) is 18.5. The van der Waals surface area contributed by atoms with Gasteiger partial charge in [-0.05, 0) is 55.3 Å². The van der Waals surface area contributed by atoms with Crippen LogP contribution in [0.2, 0.25) is 0 Å². The molecule has 148 valence electrons. The molecule has 0 spiro atoms. The molecule has 4 rings (SSSR count). The fourth-order valence-electron chi connectivity index (χ4n) is 2.99. The van der Waals surface area contributed by atoms with Crippen molar-refractivity contribution in [1.82, 2.24) is 10.3 Å². The van der Waals surface area contributed by atoms with Gasteiger partial charge in [-0.2, -0.15) is 0 Å². The number of aromatic nitrogens is 1. The molecule has 8 heteroatoms. The number of nitrogens with one attached hydrogen (secondary N) is 2. The lowest BCUT2D eigenvalue weighted by atomic mass is 10.1. The van der Waals surface area contributed by atoms with E-state index >= 15 is 0 Å². The average molecular weight is 392 g/mol. The third-order valence-corrected chi connectivity index (χ3v) is 4.55. The maximum atomic E-state index is 11.9. The van der Waals surface area contributed by atoms with Crippen molar-refractivity contribution in [1.29, 1.82) is 0 Å². The highest BCUT2D eigenvalue weighted by atomic mass is 16.5. The molecule has 1 saturated carbocycles. The third kappa shape index (κ3) is 4.06. The zero-order valence-corrected chi connectivity index (χ0v) is 15.8. The van der Waals surface area contributed by atoms with E-state index in [1.807, 2.05) is 0 Å². The van der Waals surface area contributed by atoms with Crippen LogP contribution in [-0.2, 0) is 0 Å². The van der Waals surface area contributed by atoms with E-state index in [0.29, 0.717) is 39.9 Å². The molecule has 1 heterocycles. The van der Waals surface area contributed by atoms with Crippen molar-refractivity contribution in [3.8, 4) is 17.2 Å². The number of methoxy groups -OCH3 is 1. The monoisotopic (exact) mass is 392 g/mol. The van der Waals surface area contributed by atoms with E-state index in [-0.39, 0.29) is 11.6 Å². The Balaban J connectivity index is 1.56. The smallest absolute Gasteiger partial charge is 0.319 e. The van der Waals surface area contributed by atoms with Crippen LogP contribution in [0, 0.1) is 0 Å². The lowest BCUT2D eigenvalue weighted by Gasteiger charge is -2.13. The number of hydrogen-bond acceptors (Lipinski definition) is 5. The Labute approximate surface area is 167 Å². The highest BCUT2D eigenvalue weighted by molar-refractivity contribution is 6.08. The van der Waals surface area contributed by atoms with Crippen LogP contribution in [0.5, 0.6) is 17.2 Å². The summed E-state index contributed by atoms with van der Waals surface area (Å²) in [6, 6.07) is 12.2. The van der Waals surface area contributed by atoms with E-state index in [2.05, 4.69) is 15.6 Å². The van der Waals surface area contributed by atoms with Crippen LogP contribution in [0.25, 0.3) is 10.9 Å². The SMILES string of the molecule is COc1ccc2c(Oc3ccc(NC(=O)NC4CC4)cc3)ccnc2c1C(N)=O. The number of hydrogen-bond donors (Lipinski definition) is 3. The van der Waals surface area contributed by atoms with E-state index in [1.54, 1.807) is 48.7 Å². The standard InChI is InChI=1S/C21H20N4O4/c1-28-17-9-8-15-16(10-11-23-19(15)18(17)20(22)26)29-14-6-4-13(5-7-14)25-21(27)24-12-2-3-12/h4-12H,2-3H2,1H3,(H2,22,26)(H2,24,25,27). The number of carbonyl (C=O) groups is 2.